The van der Waals surface area contributed by atoms with Crippen LogP contribution in [0.15, 0.2) is 53.0 Å². The standard InChI is InChI=1S/C20H19BrN4O3S2/c1-12(26)22-19(29)23-15-5-7-16(8-6-15)24-20(30)25-18(27)10-3-13-11-14(21)4-9-17(13)28-2/h3-11H,1-2H3,(H2,22,23,26,29)(H2,24,25,27,30). The molecule has 0 saturated heterocycles. The van der Waals surface area contributed by atoms with Crippen molar-refractivity contribution in [2.24, 2.45) is 0 Å². The quantitative estimate of drug-likeness (QED) is 0.362. The largest absolute Gasteiger partial charge is 0.496 e. The number of hydrogen-bond acceptors (Lipinski definition) is 5. The van der Waals surface area contributed by atoms with Gasteiger partial charge in [-0.1, -0.05) is 15.9 Å². The van der Waals surface area contributed by atoms with Gasteiger partial charge in [0.15, 0.2) is 10.2 Å². The monoisotopic (exact) mass is 506 g/mol. The molecule has 0 aliphatic carbocycles. The van der Waals surface area contributed by atoms with Crippen molar-refractivity contribution >= 4 is 79.9 Å². The van der Waals surface area contributed by atoms with Gasteiger partial charge in [0.05, 0.1) is 7.11 Å². The van der Waals surface area contributed by atoms with Crippen LogP contribution in [0.4, 0.5) is 11.4 Å². The van der Waals surface area contributed by atoms with Crippen molar-refractivity contribution in [2.45, 2.75) is 6.92 Å². The summed E-state index contributed by atoms with van der Waals surface area (Å²) in [6.07, 6.45) is 3.01. The van der Waals surface area contributed by atoms with Crippen LogP contribution in [0.5, 0.6) is 5.75 Å². The number of methoxy groups -OCH3 is 1. The average Bonchev–Trinajstić information content (AvgIpc) is 2.67. The predicted octanol–water partition coefficient (Wildman–Crippen LogP) is 3.82. The normalized spacial score (nSPS) is 10.2. The highest BCUT2D eigenvalue weighted by molar-refractivity contribution is 9.10. The lowest BCUT2D eigenvalue weighted by molar-refractivity contribution is -0.117. The zero-order valence-electron chi connectivity index (χ0n) is 16.1. The molecule has 0 aromatic heterocycles. The van der Waals surface area contributed by atoms with E-state index in [1.165, 1.54) is 13.0 Å². The van der Waals surface area contributed by atoms with Gasteiger partial charge in [0, 0.05) is 34.4 Å². The highest BCUT2D eigenvalue weighted by Crippen LogP contribution is 2.24. The summed E-state index contributed by atoms with van der Waals surface area (Å²) in [6.45, 7) is 1.38. The molecule has 4 N–H and O–H groups in total. The number of amides is 2. The molecule has 2 aromatic rings. The number of benzene rings is 2. The van der Waals surface area contributed by atoms with E-state index in [9.17, 15) is 9.59 Å². The van der Waals surface area contributed by atoms with E-state index in [2.05, 4.69) is 37.2 Å². The second-order valence-electron chi connectivity index (χ2n) is 5.88. The number of rotatable bonds is 5. The Morgan fingerprint density at radius 1 is 0.967 bits per heavy atom. The molecule has 0 radical (unpaired) electrons. The second kappa shape index (κ2) is 11.4. The van der Waals surface area contributed by atoms with E-state index in [0.29, 0.717) is 17.1 Å². The summed E-state index contributed by atoms with van der Waals surface area (Å²) in [5.41, 5.74) is 2.12. The highest BCUT2D eigenvalue weighted by atomic mass is 79.9. The van der Waals surface area contributed by atoms with Crippen LogP contribution in [0.25, 0.3) is 6.08 Å². The van der Waals surface area contributed by atoms with Crippen molar-refractivity contribution < 1.29 is 14.3 Å². The van der Waals surface area contributed by atoms with Gasteiger partial charge in [-0.05, 0) is 73.0 Å². The molecule has 0 fully saturated rings. The number of carbonyl (C=O) groups is 2. The Labute approximate surface area is 193 Å². The molecular weight excluding hydrogens is 488 g/mol. The Kier molecular flexibility index (Phi) is 8.90. The molecule has 2 aromatic carbocycles. The highest BCUT2D eigenvalue weighted by Gasteiger charge is 2.05. The van der Waals surface area contributed by atoms with E-state index >= 15 is 0 Å². The van der Waals surface area contributed by atoms with Crippen molar-refractivity contribution in [1.82, 2.24) is 10.6 Å². The van der Waals surface area contributed by atoms with Crippen molar-refractivity contribution in [3.05, 3.63) is 58.6 Å². The molecule has 0 heterocycles. The Hall–Kier alpha value is -2.82. The topological polar surface area (TPSA) is 91.5 Å². The zero-order chi connectivity index (χ0) is 22.1. The van der Waals surface area contributed by atoms with Gasteiger partial charge in [-0.2, -0.15) is 0 Å². The van der Waals surface area contributed by atoms with Crippen LogP contribution in [0.2, 0.25) is 0 Å². The molecule has 0 bridgehead atoms. The van der Waals surface area contributed by atoms with Gasteiger partial charge < -0.3 is 20.7 Å². The third-order valence-electron chi connectivity index (χ3n) is 3.53. The third kappa shape index (κ3) is 7.90. The van der Waals surface area contributed by atoms with Crippen LogP contribution in [-0.2, 0) is 9.59 Å². The van der Waals surface area contributed by atoms with E-state index in [4.69, 9.17) is 29.2 Å². The van der Waals surface area contributed by atoms with E-state index in [0.717, 1.165) is 10.0 Å². The third-order valence-corrected chi connectivity index (χ3v) is 4.43. The first-order chi connectivity index (χ1) is 14.3. The Morgan fingerprint density at radius 2 is 1.53 bits per heavy atom. The van der Waals surface area contributed by atoms with Crippen LogP contribution < -0.4 is 26.0 Å². The van der Waals surface area contributed by atoms with Crippen LogP contribution in [-0.4, -0.2) is 29.1 Å². The van der Waals surface area contributed by atoms with E-state index in [1.54, 1.807) is 43.5 Å². The van der Waals surface area contributed by atoms with Gasteiger partial charge >= 0.3 is 0 Å². The summed E-state index contributed by atoms with van der Waals surface area (Å²) >= 11 is 13.6. The molecule has 0 atom stereocenters. The molecule has 0 spiro atoms. The maximum absolute atomic E-state index is 12.1. The molecule has 2 amide bonds. The van der Waals surface area contributed by atoms with Gasteiger partial charge in [-0.15, -0.1) is 0 Å². The SMILES string of the molecule is COc1ccc(Br)cc1C=CC(=O)NC(=S)Nc1ccc(NC(=S)NC(C)=O)cc1. The lowest BCUT2D eigenvalue weighted by atomic mass is 10.2. The predicted molar refractivity (Wildman–Crippen MR) is 131 cm³/mol. The maximum atomic E-state index is 12.1. The molecular formula is C20H19BrN4O3S2. The van der Waals surface area contributed by atoms with Crippen LogP contribution in [0, 0.1) is 0 Å². The number of carbonyl (C=O) groups excluding carboxylic acids is 2. The molecule has 0 aliphatic heterocycles. The number of ether oxygens (including phenoxy) is 1. The zero-order valence-corrected chi connectivity index (χ0v) is 19.3. The first kappa shape index (κ1) is 23.5. The fourth-order valence-electron chi connectivity index (χ4n) is 2.28. The van der Waals surface area contributed by atoms with Crippen molar-refractivity contribution in [2.75, 3.05) is 17.7 Å². The molecule has 156 valence electrons. The van der Waals surface area contributed by atoms with Gasteiger partial charge in [-0.25, -0.2) is 0 Å². The van der Waals surface area contributed by atoms with Crippen LogP contribution >= 0.6 is 40.4 Å². The Bertz CT molecular complexity index is 994. The van der Waals surface area contributed by atoms with Gasteiger partial charge in [0.1, 0.15) is 5.75 Å². The van der Waals surface area contributed by atoms with Gasteiger partial charge in [-0.3, -0.25) is 14.9 Å². The van der Waals surface area contributed by atoms with Crippen LogP contribution in [0.3, 0.4) is 0 Å². The maximum Gasteiger partial charge on any atom is 0.250 e. The number of anilines is 2. The molecule has 7 nitrogen and oxygen atoms in total. The lowest BCUT2D eigenvalue weighted by Gasteiger charge is -2.11. The van der Waals surface area contributed by atoms with Crippen molar-refractivity contribution in [3.63, 3.8) is 0 Å². The van der Waals surface area contributed by atoms with E-state index in [-0.39, 0.29) is 22.0 Å². The molecule has 0 unspecified atom stereocenters. The Morgan fingerprint density at radius 3 is 2.07 bits per heavy atom. The fraction of sp³-hybridized carbons (Fsp3) is 0.100. The summed E-state index contributed by atoms with van der Waals surface area (Å²) in [6, 6.07) is 12.5. The van der Waals surface area contributed by atoms with Gasteiger partial charge in [0.2, 0.25) is 11.8 Å². The molecule has 0 saturated carbocycles. The van der Waals surface area contributed by atoms with E-state index in [1.807, 2.05) is 12.1 Å². The first-order valence-electron chi connectivity index (χ1n) is 8.59. The summed E-state index contributed by atoms with van der Waals surface area (Å²) in [4.78, 5) is 23.1. The fourth-order valence-corrected chi connectivity index (χ4v) is 3.13. The second-order valence-corrected chi connectivity index (χ2v) is 7.61. The molecule has 10 heteroatoms. The average molecular weight is 507 g/mol. The van der Waals surface area contributed by atoms with E-state index < -0.39 is 0 Å². The van der Waals surface area contributed by atoms with Crippen molar-refractivity contribution in [1.29, 1.82) is 0 Å². The van der Waals surface area contributed by atoms with Crippen molar-refractivity contribution in [3.8, 4) is 5.75 Å². The minimum Gasteiger partial charge on any atom is -0.496 e. The number of hydrogen-bond donors (Lipinski definition) is 4. The first-order valence-corrected chi connectivity index (χ1v) is 10.2. The molecule has 30 heavy (non-hydrogen) atoms. The minimum atomic E-state index is -0.381. The number of halogens is 1. The smallest absolute Gasteiger partial charge is 0.250 e. The molecule has 0 aliphatic rings. The molecule has 2 rings (SSSR count). The summed E-state index contributed by atoms with van der Waals surface area (Å²) in [7, 11) is 1.56. The van der Waals surface area contributed by atoms with Gasteiger partial charge in [0.25, 0.3) is 0 Å². The van der Waals surface area contributed by atoms with Crippen LogP contribution in [0.1, 0.15) is 12.5 Å². The lowest BCUT2D eigenvalue weighted by Crippen LogP contribution is -2.33. The summed E-state index contributed by atoms with van der Waals surface area (Å²) in [5.74, 6) is 0.0161. The minimum absolute atomic E-state index is 0.153. The summed E-state index contributed by atoms with van der Waals surface area (Å²) < 4.78 is 6.14. The number of thiocarbonyl (C=S) groups is 2. The summed E-state index contributed by atoms with van der Waals surface area (Å²) in [5, 5.41) is 11.2. The number of nitrogens with one attached hydrogen (secondary N) is 4. The Balaban J connectivity index is 1.89.